The van der Waals surface area contributed by atoms with Crippen molar-refractivity contribution in [2.75, 3.05) is 41.0 Å². The van der Waals surface area contributed by atoms with Crippen LogP contribution >= 0.6 is 0 Å². The molecule has 0 amide bonds. The number of carboxylic acids is 1. The summed E-state index contributed by atoms with van der Waals surface area (Å²) >= 11 is 0. The molecule has 0 saturated heterocycles. The van der Waals surface area contributed by atoms with E-state index in [2.05, 4.69) is 68.5 Å². The molecule has 310 valence electrons. The van der Waals surface area contributed by atoms with Gasteiger partial charge in [-0.2, -0.15) is 0 Å². The Morgan fingerprint density at radius 2 is 1.07 bits per heavy atom. The van der Waals surface area contributed by atoms with Crippen molar-refractivity contribution in [3.8, 4) is 0 Å². The van der Waals surface area contributed by atoms with Gasteiger partial charge in [-0.05, 0) is 64.2 Å². The molecule has 0 saturated carbocycles. The Labute approximate surface area is 330 Å². The molecule has 0 aliphatic carbocycles. The summed E-state index contributed by atoms with van der Waals surface area (Å²) in [5, 5.41) is 11.6. The quantitative estimate of drug-likeness (QED) is 0.0269. The number of ether oxygens (including phenoxy) is 3. The van der Waals surface area contributed by atoms with Crippen molar-refractivity contribution in [3.63, 3.8) is 0 Å². The highest BCUT2D eigenvalue weighted by atomic mass is 16.6. The molecule has 2 unspecified atom stereocenters. The summed E-state index contributed by atoms with van der Waals surface area (Å²) in [7, 11) is 5.38. The molecule has 0 aromatic heterocycles. The zero-order valence-electron chi connectivity index (χ0n) is 35.1. The number of hydrogen-bond acceptors (Lipinski definition) is 7. The molecule has 0 spiro atoms. The van der Waals surface area contributed by atoms with Gasteiger partial charge in [0.25, 0.3) is 0 Å². The van der Waals surface area contributed by atoms with E-state index in [-0.39, 0.29) is 49.1 Å². The Balaban J connectivity index is 4.17. The van der Waals surface area contributed by atoms with Crippen LogP contribution < -0.4 is 5.11 Å². The molecule has 0 aromatic rings. The summed E-state index contributed by atoms with van der Waals surface area (Å²) in [4.78, 5) is 36.6. The molecule has 54 heavy (non-hydrogen) atoms. The molecule has 8 nitrogen and oxygen atoms in total. The van der Waals surface area contributed by atoms with E-state index in [1.165, 1.54) is 64.2 Å². The molecule has 0 fully saturated rings. The van der Waals surface area contributed by atoms with Gasteiger partial charge in [-0.3, -0.25) is 9.59 Å². The van der Waals surface area contributed by atoms with E-state index in [0.29, 0.717) is 12.8 Å². The summed E-state index contributed by atoms with van der Waals surface area (Å²) in [6, 6.07) is -0.731. The number of allylic oxidation sites excluding steroid dienone is 10. The lowest BCUT2D eigenvalue weighted by Crippen LogP contribution is -2.55. The van der Waals surface area contributed by atoms with Gasteiger partial charge in [-0.1, -0.05) is 139 Å². The van der Waals surface area contributed by atoms with Gasteiger partial charge in [-0.25, -0.2) is 0 Å². The van der Waals surface area contributed by atoms with Crippen molar-refractivity contribution >= 4 is 17.9 Å². The van der Waals surface area contributed by atoms with E-state index in [0.717, 1.165) is 57.8 Å². The molecule has 0 bridgehead atoms. The van der Waals surface area contributed by atoms with Crippen molar-refractivity contribution in [2.45, 2.75) is 174 Å². The first-order chi connectivity index (χ1) is 26.1. The van der Waals surface area contributed by atoms with Gasteiger partial charge in [0.1, 0.15) is 12.6 Å². The van der Waals surface area contributed by atoms with Gasteiger partial charge in [0, 0.05) is 19.3 Å². The minimum atomic E-state index is -1.13. The van der Waals surface area contributed by atoms with Gasteiger partial charge in [-0.15, -0.1) is 0 Å². The number of aliphatic carboxylic acids is 1. The number of likely N-dealkylation sites (N-methyl/N-ethyl adjacent to an activating group) is 1. The van der Waals surface area contributed by atoms with Gasteiger partial charge in [0.2, 0.25) is 0 Å². The molecular weight excluding hydrogens is 679 g/mol. The maximum absolute atomic E-state index is 12.5. The summed E-state index contributed by atoms with van der Waals surface area (Å²) in [6.07, 6.45) is 44.3. The summed E-state index contributed by atoms with van der Waals surface area (Å²) in [5.74, 6) is -1.82. The maximum Gasteiger partial charge on any atom is 0.306 e. The van der Waals surface area contributed by atoms with Crippen LogP contribution in [0.15, 0.2) is 60.8 Å². The third-order valence-electron chi connectivity index (χ3n) is 9.15. The van der Waals surface area contributed by atoms with Crippen molar-refractivity contribution in [2.24, 2.45) is 0 Å². The number of nitrogens with zero attached hydrogens (tertiary/aromatic N) is 1. The first-order valence-corrected chi connectivity index (χ1v) is 21.3. The number of carbonyl (C=O) groups is 3. The van der Waals surface area contributed by atoms with Crippen LogP contribution in [-0.4, -0.2) is 75.5 Å². The van der Waals surface area contributed by atoms with Crippen LogP contribution in [-0.2, 0) is 28.6 Å². The number of unbranched alkanes of at least 4 members (excludes halogenated alkanes) is 13. The minimum absolute atomic E-state index is 0.0219. The van der Waals surface area contributed by atoms with Crippen LogP contribution in [0, 0.1) is 0 Å². The third-order valence-corrected chi connectivity index (χ3v) is 9.15. The van der Waals surface area contributed by atoms with Crippen LogP contribution in [0.25, 0.3) is 0 Å². The predicted molar refractivity (Wildman–Crippen MR) is 222 cm³/mol. The number of rotatable bonds is 37. The molecule has 2 atom stereocenters. The number of hydrogen-bond donors (Lipinski definition) is 0. The summed E-state index contributed by atoms with van der Waals surface area (Å²) < 4.78 is 17.0. The maximum atomic E-state index is 12.5. The first kappa shape index (κ1) is 51.0. The normalized spacial score (nSPS) is 13.6. The second-order valence-electron chi connectivity index (χ2n) is 15.2. The van der Waals surface area contributed by atoms with Crippen molar-refractivity contribution < 1.29 is 38.2 Å². The third kappa shape index (κ3) is 34.8. The Bertz CT molecular complexity index is 1070. The van der Waals surface area contributed by atoms with Crippen LogP contribution in [0.5, 0.6) is 0 Å². The largest absolute Gasteiger partial charge is 0.544 e. The second-order valence-corrected chi connectivity index (χ2v) is 15.2. The average Bonchev–Trinajstić information content (AvgIpc) is 3.12. The Morgan fingerprint density at radius 1 is 0.574 bits per heavy atom. The van der Waals surface area contributed by atoms with E-state index < -0.39 is 18.1 Å². The van der Waals surface area contributed by atoms with Crippen molar-refractivity contribution in [3.05, 3.63) is 60.8 Å². The van der Waals surface area contributed by atoms with Gasteiger partial charge >= 0.3 is 11.9 Å². The molecule has 0 aromatic carbocycles. The standard InChI is InChI=1S/C46H79NO7/c1-6-8-10-12-14-15-16-17-18-19-20-21-22-23-24-25-26-27-28-29-31-32-34-36-44(48)53-41-42(40-52-39-38-43(46(50)51)47(3,4)5)54-45(49)37-35-33-30-13-11-9-7-2/h8,10,14-15,17-18,20-21,30,33,42-43H,6-7,9,11-13,16,19,22-29,31-32,34-41H2,1-5H3/b10-8+,15-14+,18-17+,21-20+,33-30+. The van der Waals surface area contributed by atoms with E-state index in [4.69, 9.17) is 14.2 Å². The van der Waals surface area contributed by atoms with Gasteiger partial charge in [0.15, 0.2) is 6.10 Å². The molecule has 0 N–H and O–H groups in total. The monoisotopic (exact) mass is 758 g/mol. The van der Waals surface area contributed by atoms with E-state index in [1.807, 2.05) is 6.08 Å². The lowest BCUT2D eigenvalue weighted by molar-refractivity contribution is -0.889. The van der Waals surface area contributed by atoms with Crippen LogP contribution in [0.1, 0.15) is 162 Å². The van der Waals surface area contributed by atoms with Gasteiger partial charge < -0.3 is 28.6 Å². The summed E-state index contributed by atoms with van der Waals surface area (Å²) in [6.45, 7) is 4.42. The second kappa shape index (κ2) is 37.0. The highest BCUT2D eigenvalue weighted by Gasteiger charge is 2.25. The molecule has 0 rings (SSSR count). The molecular formula is C46H79NO7. The van der Waals surface area contributed by atoms with Crippen molar-refractivity contribution in [1.29, 1.82) is 0 Å². The molecule has 0 heterocycles. The lowest BCUT2D eigenvalue weighted by atomic mass is 10.1. The van der Waals surface area contributed by atoms with E-state index >= 15 is 0 Å². The Hall–Kier alpha value is -2.97. The van der Waals surface area contributed by atoms with Crippen LogP contribution in [0.2, 0.25) is 0 Å². The van der Waals surface area contributed by atoms with E-state index in [9.17, 15) is 19.5 Å². The topological polar surface area (TPSA) is 102 Å². The highest BCUT2D eigenvalue weighted by molar-refractivity contribution is 5.70. The first-order valence-electron chi connectivity index (χ1n) is 21.3. The van der Waals surface area contributed by atoms with Crippen LogP contribution in [0.4, 0.5) is 0 Å². The molecule has 0 radical (unpaired) electrons. The zero-order chi connectivity index (χ0) is 40.0. The minimum Gasteiger partial charge on any atom is -0.544 e. The smallest absolute Gasteiger partial charge is 0.306 e. The fourth-order valence-electron chi connectivity index (χ4n) is 5.84. The lowest BCUT2D eigenvalue weighted by Gasteiger charge is -2.34. The predicted octanol–water partition coefficient (Wildman–Crippen LogP) is 10.1. The molecule has 0 aliphatic rings. The fourth-order valence-corrected chi connectivity index (χ4v) is 5.84. The zero-order valence-corrected chi connectivity index (χ0v) is 35.1. The summed E-state index contributed by atoms with van der Waals surface area (Å²) in [5.41, 5.74) is 0. The average molecular weight is 758 g/mol. The van der Waals surface area contributed by atoms with Crippen LogP contribution in [0.3, 0.4) is 0 Å². The fraction of sp³-hybridized carbons (Fsp3) is 0.717. The van der Waals surface area contributed by atoms with Crippen molar-refractivity contribution in [1.82, 2.24) is 0 Å². The highest BCUT2D eigenvalue weighted by Crippen LogP contribution is 2.13. The number of esters is 2. The number of quaternary nitrogens is 1. The number of carboxylic acid groups (broad SMARTS) is 1. The van der Waals surface area contributed by atoms with E-state index in [1.54, 1.807) is 21.1 Å². The number of carbonyl (C=O) groups excluding carboxylic acids is 3. The van der Waals surface area contributed by atoms with Gasteiger partial charge in [0.05, 0.1) is 40.3 Å². The Morgan fingerprint density at radius 3 is 1.63 bits per heavy atom. The molecule has 0 aliphatic heterocycles. The Kier molecular flexibility index (Phi) is 34.9. The molecule has 8 heteroatoms. The SMILES string of the molecule is CC/C=C/C/C=C/C/C=C/C/C=C/CCCCCCCCCCCCC(=O)OCC(COCCC(C(=O)[O-])[N+](C)(C)C)OC(=O)CC/C=C/CCCCC.